The van der Waals surface area contributed by atoms with Crippen molar-refractivity contribution in [2.75, 3.05) is 38.2 Å². The number of rotatable bonds is 6. The number of primary amides is 1. The predicted molar refractivity (Wildman–Crippen MR) is 129 cm³/mol. The Labute approximate surface area is 195 Å². The number of nitrogens with two attached hydrogens (primary N) is 1. The number of amides is 1. The Morgan fingerprint density at radius 2 is 2.03 bits per heavy atom. The predicted octanol–water partition coefficient (Wildman–Crippen LogP) is 3.10. The van der Waals surface area contributed by atoms with Gasteiger partial charge < -0.3 is 20.5 Å². The highest BCUT2D eigenvalue weighted by atomic mass is 16.5. The molecule has 1 amide bonds. The second-order valence-corrected chi connectivity index (χ2v) is 10.1. The molecule has 178 valence electrons. The van der Waals surface area contributed by atoms with E-state index in [0.29, 0.717) is 5.92 Å². The maximum absolute atomic E-state index is 11.7. The molecule has 6 rings (SSSR count). The van der Waals surface area contributed by atoms with Gasteiger partial charge >= 0.3 is 0 Å². The van der Waals surface area contributed by atoms with Crippen LogP contribution >= 0.6 is 0 Å². The van der Waals surface area contributed by atoms with E-state index in [1.54, 1.807) is 7.11 Å². The molecule has 1 aromatic carbocycles. The van der Waals surface area contributed by atoms with Gasteiger partial charge in [-0.25, -0.2) is 4.98 Å². The van der Waals surface area contributed by atoms with E-state index in [1.165, 1.54) is 12.8 Å². The van der Waals surface area contributed by atoms with Crippen molar-refractivity contribution >= 4 is 22.6 Å². The number of benzene rings is 1. The van der Waals surface area contributed by atoms with Crippen LogP contribution in [0.3, 0.4) is 0 Å². The summed E-state index contributed by atoms with van der Waals surface area (Å²) in [7, 11) is 1.67. The third-order valence-corrected chi connectivity index (χ3v) is 8.40. The van der Waals surface area contributed by atoms with E-state index in [2.05, 4.69) is 22.8 Å². The molecule has 2 bridgehead atoms. The number of carbonyl (C=O) groups is 1. The highest BCUT2D eigenvalue weighted by molar-refractivity contribution is 5.86. The SMILES string of the molecule is CC[C@H]1CN2CC[C@H]1C[C@H]2[C@H](O)c1cc(N2CCC(C(N)=O)CC2)nc2ccc(OC)cc12. The highest BCUT2D eigenvalue weighted by Gasteiger charge is 2.42. The van der Waals surface area contributed by atoms with E-state index < -0.39 is 6.10 Å². The standard InChI is InChI=1S/C26H36N4O3/c1-3-16-15-30-11-8-18(16)12-23(30)25(31)21-14-24(29-9-6-17(7-10-29)26(27)32)28-22-5-4-19(33-2)13-20(21)22/h4-5,13-14,16-18,23,25,31H,3,6-12,15H2,1-2H3,(H2,27,32)/t16-,18-,23-,25+/m0/s1. The van der Waals surface area contributed by atoms with Gasteiger partial charge in [0.25, 0.3) is 0 Å². The Bertz CT molecular complexity index is 1020. The van der Waals surface area contributed by atoms with Gasteiger partial charge in [0.05, 0.1) is 18.7 Å². The molecule has 0 spiro atoms. The van der Waals surface area contributed by atoms with Crippen LogP contribution in [-0.2, 0) is 4.79 Å². The molecule has 7 nitrogen and oxygen atoms in total. The molecule has 0 saturated carbocycles. The fraction of sp³-hybridized carbons (Fsp3) is 0.615. The Morgan fingerprint density at radius 3 is 2.67 bits per heavy atom. The van der Waals surface area contributed by atoms with Gasteiger partial charge in [-0.1, -0.05) is 13.3 Å². The number of piperidine rings is 4. The van der Waals surface area contributed by atoms with Crippen molar-refractivity contribution in [3.63, 3.8) is 0 Å². The fourth-order valence-electron chi connectivity index (χ4n) is 6.32. The maximum Gasteiger partial charge on any atom is 0.220 e. The first-order valence-corrected chi connectivity index (χ1v) is 12.4. The number of methoxy groups -OCH3 is 1. The van der Waals surface area contributed by atoms with Crippen molar-refractivity contribution in [3.05, 3.63) is 29.8 Å². The average molecular weight is 453 g/mol. The van der Waals surface area contributed by atoms with Crippen molar-refractivity contribution < 1.29 is 14.6 Å². The Kier molecular flexibility index (Phi) is 6.18. The zero-order chi connectivity index (χ0) is 23.1. The summed E-state index contributed by atoms with van der Waals surface area (Å²) in [4.78, 5) is 21.3. The molecule has 4 aliphatic heterocycles. The van der Waals surface area contributed by atoms with Crippen LogP contribution in [0.4, 0.5) is 5.82 Å². The van der Waals surface area contributed by atoms with Crippen LogP contribution in [0.1, 0.15) is 50.7 Å². The van der Waals surface area contributed by atoms with Gasteiger partial charge in [-0.3, -0.25) is 9.69 Å². The van der Waals surface area contributed by atoms with Crippen molar-refractivity contribution in [2.45, 2.75) is 51.2 Å². The molecule has 4 saturated heterocycles. The molecule has 3 N–H and O–H groups in total. The monoisotopic (exact) mass is 452 g/mol. The van der Waals surface area contributed by atoms with Crippen molar-refractivity contribution in [1.29, 1.82) is 0 Å². The number of fused-ring (bicyclic) bond motifs is 4. The lowest BCUT2D eigenvalue weighted by Gasteiger charge is -2.51. The molecule has 7 heteroatoms. The number of nitrogens with zero attached hydrogens (tertiary/aromatic N) is 3. The van der Waals surface area contributed by atoms with Gasteiger partial charge in [-0.05, 0) is 73.9 Å². The molecule has 0 radical (unpaired) electrons. The number of aliphatic hydroxyl groups excluding tert-OH is 1. The summed E-state index contributed by atoms with van der Waals surface area (Å²) in [5, 5.41) is 12.7. The van der Waals surface area contributed by atoms with Crippen LogP contribution in [0, 0.1) is 17.8 Å². The number of carbonyl (C=O) groups excluding carboxylic acids is 1. The molecule has 33 heavy (non-hydrogen) atoms. The van der Waals surface area contributed by atoms with Gasteiger partial charge in [0, 0.05) is 37.0 Å². The molecule has 2 aromatic rings. The minimum absolute atomic E-state index is 0.0619. The average Bonchev–Trinajstić information content (AvgIpc) is 2.87. The van der Waals surface area contributed by atoms with E-state index in [0.717, 1.165) is 79.4 Å². The van der Waals surface area contributed by atoms with Gasteiger partial charge in [0.2, 0.25) is 5.91 Å². The molecule has 0 aliphatic carbocycles. The Morgan fingerprint density at radius 1 is 1.24 bits per heavy atom. The molecule has 5 atom stereocenters. The maximum atomic E-state index is 11.7. The summed E-state index contributed by atoms with van der Waals surface area (Å²) in [6, 6.07) is 8.10. The smallest absolute Gasteiger partial charge is 0.220 e. The van der Waals surface area contributed by atoms with Gasteiger partial charge in [-0.2, -0.15) is 0 Å². The second kappa shape index (κ2) is 9.11. The minimum Gasteiger partial charge on any atom is -0.497 e. The third-order valence-electron chi connectivity index (χ3n) is 8.40. The topological polar surface area (TPSA) is 91.9 Å². The molecule has 4 fully saturated rings. The Balaban J connectivity index is 1.49. The lowest BCUT2D eigenvalue weighted by atomic mass is 9.72. The van der Waals surface area contributed by atoms with E-state index >= 15 is 0 Å². The lowest BCUT2D eigenvalue weighted by Crippen LogP contribution is -2.55. The molecular formula is C26H36N4O3. The summed E-state index contributed by atoms with van der Waals surface area (Å²) in [5.41, 5.74) is 7.32. The van der Waals surface area contributed by atoms with Gasteiger partial charge in [-0.15, -0.1) is 0 Å². The van der Waals surface area contributed by atoms with E-state index in [1.807, 2.05) is 18.2 Å². The molecule has 5 heterocycles. The number of hydrogen-bond acceptors (Lipinski definition) is 6. The fourth-order valence-corrected chi connectivity index (χ4v) is 6.32. The summed E-state index contributed by atoms with van der Waals surface area (Å²) in [6.07, 6.45) is 4.41. The van der Waals surface area contributed by atoms with Crippen LogP contribution in [-0.4, -0.2) is 60.2 Å². The van der Waals surface area contributed by atoms with Crippen LogP contribution in [0.25, 0.3) is 10.9 Å². The first-order chi connectivity index (χ1) is 16.0. The third kappa shape index (κ3) is 4.17. The van der Waals surface area contributed by atoms with Crippen molar-refractivity contribution in [3.8, 4) is 5.75 Å². The van der Waals surface area contributed by atoms with Crippen LogP contribution in [0.15, 0.2) is 24.3 Å². The van der Waals surface area contributed by atoms with E-state index in [4.69, 9.17) is 15.5 Å². The minimum atomic E-state index is -0.579. The van der Waals surface area contributed by atoms with Crippen molar-refractivity contribution in [1.82, 2.24) is 9.88 Å². The zero-order valence-electron chi connectivity index (χ0n) is 19.7. The van der Waals surface area contributed by atoms with Crippen molar-refractivity contribution in [2.24, 2.45) is 23.5 Å². The first kappa shape index (κ1) is 22.4. The van der Waals surface area contributed by atoms with Crippen LogP contribution in [0.2, 0.25) is 0 Å². The summed E-state index contributed by atoms with van der Waals surface area (Å²) in [5.74, 6) is 2.81. The highest BCUT2D eigenvalue weighted by Crippen LogP contribution is 2.43. The first-order valence-electron chi connectivity index (χ1n) is 12.4. The van der Waals surface area contributed by atoms with Crippen LogP contribution < -0.4 is 15.4 Å². The lowest BCUT2D eigenvalue weighted by molar-refractivity contribution is -0.122. The summed E-state index contributed by atoms with van der Waals surface area (Å²) < 4.78 is 5.49. The zero-order valence-corrected chi connectivity index (χ0v) is 19.7. The van der Waals surface area contributed by atoms with E-state index in [-0.39, 0.29) is 17.9 Å². The van der Waals surface area contributed by atoms with Gasteiger partial charge in [0.1, 0.15) is 11.6 Å². The number of anilines is 1. The van der Waals surface area contributed by atoms with Gasteiger partial charge in [0.15, 0.2) is 0 Å². The molecular weight excluding hydrogens is 416 g/mol. The number of hydrogen-bond donors (Lipinski definition) is 2. The number of ether oxygens (including phenoxy) is 1. The van der Waals surface area contributed by atoms with E-state index in [9.17, 15) is 9.90 Å². The number of aromatic nitrogens is 1. The normalized spacial score (nSPS) is 28.8. The molecule has 1 aromatic heterocycles. The number of aliphatic hydroxyl groups is 1. The number of pyridine rings is 1. The summed E-state index contributed by atoms with van der Waals surface area (Å²) >= 11 is 0. The van der Waals surface area contributed by atoms with Crippen LogP contribution in [0.5, 0.6) is 5.75 Å². The largest absolute Gasteiger partial charge is 0.497 e. The second-order valence-electron chi connectivity index (χ2n) is 10.1. The Hall–Kier alpha value is -2.38. The summed E-state index contributed by atoms with van der Waals surface area (Å²) in [6.45, 7) is 5.93. The molecule has 4 aliphatic rings. The quantitative estimate of drug-likeness (QED) is 0.700. The molecule has 1 unspecified atom stereocenters.